The smallest absolute Gasteiger partial charge is 0.339 e. The standard InChI is InChI=1S/C19H21N3O3/c1-4-7-15-10-14(11-17(25-3)18(15)23)12-20-22-19(24)21-16-9-6-5-8-13(16)2/h4-6,8-12,23H,1,7H2,2-3H3,(H2,21,22,24)/b20-12+. The van der Waals surface area contributed by atoms with Gasteiger partial charge in [0, 0.05) is 11.3 Å². The molecule has 3 N–H and O–H groups in total. The molecule has 0 radical (unpaired) electrons. The van der Waals surface area contributed by atoms with Gasteiger partial charge >= 0.3 is 6.03 Å². The van der Waals surface area contributed by atoms with Crippen molar-refractivity contribution >= 4 is 17.9 Å². The Morgan fingerprint density at radius 2 is 2.12 bits per heavy atom. The van der Waals surface area contributed by atoms with Crippen molar-refractivity contribution in [3.8, 4) is 11.5 Å². The number of ether oxygens (including phenoxy) is 1. The Kier molecular flexibility index (Phi) is 6.17. The number of anilines is 1. The van der Waals surface area contributed by atoms with Crippen LogP contribution in [0.1, 0.15) is 16.7 Å². The van der Waals surface area contributed by atoms with Crippen LogP contribution >= 0.6 is 0 Å². The predicted molar refractivity (Wildman–Crippen MR) is 99.5 cm³/mol. The van der Waals surface area contributed by atoms with E-state index in [4.69, 9.17) is 4.74 Å². The number of allylic oxidation sites excluding steroid dienone is 1. The number of rotatable bonds is 6. The molecular formula is C19H21N3O3. The van der Waals surface area contributed by atoms with Gasteiger partial charge in [0.1, 0.15) is 0 Å². The number of amides is 2. The molecule has 0 saturated heterocycles. The molecule has 0 heterocycles. The summed E-state index contributed by atoms with van der Waals surface area (Å²) in [6, 6.07) is 10.4. The molecule has 0 fully saturated rings. The number of carbonyl (C=O) groups excluding carboxylic acids is 1. The molecule has 0 spiro atoms. The van der Waals surface area contributed by atoms with Crippen LogP contribution in [-0.2, 0) is 6.42 Å². The topological polar surface area (TPSA) is 83.0 Å². The number of aromatic hydroxyl groups is 1. The van der Waals surface area contributed by atoms with Gasteiger partial charge in [0.05, 0.1) is 13.3 Å². The highest BCUT2D eigenvalue weighted by atomic mass is 16.5. The molecule has 0 saturated carbocycles. The highest BCUT2D eigenvalue weighted by molar-refractivity contribution is 5.91. The number of hydrazone groups is 1. The number of phenols is 1. The largest absolute Gasteiger partial charge is 0.504 e. The van der Waals surface area contributed by atoms with Gasteiger partial charge in [-0.2, -0.15) is 5.10 Å². The first-order valence-electron chi connectivity index (χ1n) is 7.71. The summed E-state index contributed by atoms with van der Waals surface area (Å²) in [6.45, 7) is 5.57. The lowest BCUT2D eigenvalue weighted by Crippen LogP contribution is -2.24. The van der Waals surface area contributed by atoms with Gasteiger partial charge in [-0.15, -0.1) is 6.58 Å². The second-order valence-corrected chi connectivity index (χ2v) is 5.36. The summed E-state index contributed by atoms with van der Waals surface area (Å²) in [5, 5.41) is 16.7. The normalized spacial score (nSPS) is 10.5. The van der Waals surface area contributed by atoms with E-state index < -0.39 is 6.03 Å². The van der Waals surface area contributed by atoms with Crippen LogP contribution in [0.3, 0.4) is 0 Å². The molecule has 2 aromatic rings. The van der Waals surface area contributed by atoms with Crippen molar-refractivity contribution in [2.75, 3.05) is 12.4 Å². The van der Waals surface area contributed by atoms with E-state index in [0.29, 0.717) is 23.3 Å². The first-order valence-corrected chi connectivity index (χ1v) is 7.71. The molecular weight excluding hydrogens is 318 g/mol. The minimum absolute atomic E-state index is 0.0739. The van der Waals surface area contributed by atoms with Crippen LogP contribution in [0.25, 0.3) is 0 Å². The summed E-state index contributed by atoms with van der Waals surface area (Å²) in [6.07, 6.45) is 3.65. The van der Waals surface area contributed by atoms with Crippen LogP contribution in [0.2, 0.25) is 0 Å². The van der Waals surface area contributed by atoms with Crippen LogP contribution in [0, 0.1) is 6.92 Å². The van der Waals surface area contributed by atoms with Crippen LogP contribution in [-0.4, -0.2) is 24.5 Å². The Morgan fingerprint density at radius 3 is 2.80 bits per heavy atom. The molecule has 2 rings (SSSR count). The summed E-state index contributed by atoms with van der Waals surface area (Å²) >= 11 is 0. The van der Waals surface area contributed by atoms with Gasteiger partial charge in [-0.05, 0) is 42.7 Å². The lowest BCUT2D eigenvalue weighted by atomic mass is 10.1. The number of aryl methyl sites for hydroxylation is 1. The number of phenolic OH excluding ortho intramolecular Hbond substituents is 1. The van der Waals surface area contributed by atoms with Gasteiger partial charge in [-0.1, -0.05) is 24.3 Å². The first-order chi connectivity index (χ1) is 12.0. The van der Waals surface area contributed by atoms with Gasteiger partial charge in [-0.25, -0.2) is 10.2 Å². The van der Waals surface area contributed by atoms with Crippen molar-refractivity contribution in [1.29, 1.82) is 0 Å². The van der Waals surface area contributed by atoms with Crippen molar-refractivity contribution in [1.82, 2.24) is 5.43 Å². The van der Waals surface area contributed by atoms with Crippen LogP contribution in [0.15, 0.2) is 54.2 Å². The maximum Gasteiger partial charge on any atom is 0.339 e. The number of benzene rings is 2. The van der Waals surface area contributed by atoms with Crippen LogP contribution < -0.4 is 15.5 Å². The summed E-state index contributed by atoms with van der Waals surface area (Å²) < 4.78 is 5.15. The van der Waals surface area contributed by atoms with Gasteiger partial charge in [0.15, 0.2) is 11.5 Å². The van der Waals surface area contributed by atoms with E-state index in [2.05, 4.69) is 22.4 Å². The molecule has 0 aliphatic carbocycles. The molecule has 0 bridgehead atoms. The quantitative estimate of drug-likeness (QED) is 0.427. The molecule has 0 atom stereocenters. The van der Waals surface area contributed by atoms with E-state index in [1.54, 1.807) is 18.2 Å². The van der Waals surface area contributed by atoms with Crippen molar-refractivity contribution in [3.63, 3.8) is 0 Å². The number of nitrogens with one attached hydrogen (secondary N) is 2. The highest BCUT2D eigenvalue weighted by Crippen LogP contribution is 2.31. The fourth-order valence-electron chi connectivity index (χ4n) is 2.26. The average molecular weight is 339 g/mol. The molecule has 0 aromatic heterocycles. The van der Waals surface area contributed by atoms with Gasteiger partial charge in [-0.3, -0.25) is 0 Å². The number of para-hydroxylation sites is 1. The number of nitrogens with zero attached hydrogens (tertiary/aromatic N) is 1. The molecule has 25 heavy (non-hydrogen) atoms. The van der Waals surface area contributed by atoms with Crippen molar-refractivity contribution < 1.29 is 14.6 Å². The first kappa shape index (κ1) is 18.1. The summed E-state index contributed by atoms with van der Waals surface area (Å²) in [7, 11) is 1.47. The lowest BCUT2D eigenvalue weighted by Gasteiger charge is -2.09. The zero-order chi connectivity index (χ0) is 18.2. The third-order valence-corrected chi connectivity index (χ3v) is 3.53. The monoisotopic (exact) mass is 339 g/mol. The SMILES string of the molecule is C=CCc1cc(/C=N/NC(=O)Nc2ccccc2C)cc(OC)c1O. The fraction of sp³-hybridized carbons (Fsp3) is 0.158. The van der Waals surface area contributed by atoms with E-state index in [9.17, 15) is 9.90 Å². The molecule has 130 valence electrons. The third-order valence-electron chi connectivity index (χ3n) is 3.53. The van der Waals surface area contributed by atoms with E-state index in [1.165, 1.54) is 13.3 Å². The maximum absolute atomic E-state index is 11.9. The highest BCUT2D eigenvalue weighted by Gasteiger charge is 2.09. The van der Waals surface area contributed by atoms with Gasteiger partial charge in [0.25, 0.3) is 0 Å². The van der Waals surface area contributed by atoms with Gasteiger partial charge < -0.3 is 15.2 Å². The minimum atomic E-state index is -0.442. The van der Waals surface area contributed by atoms with E-state index >= 15 is 0 Å². The molecule has 0 aliphatic heterocycles. The number of hydrogen-bond donors (Lipinski definition) is 3. The molecule has 0 unspecified atom stereocenters. The minimum Gasteiger partial charge on any atom is -0.504 e. The van der Waals surface area contributed by atoms with Crippen LogP contribution in [0.5, 0.6) is 11.5 Å². The van der Waals surface area contributed by atoms with Crippen molar-refractivity contribution in [2.24, 2.45) is 5.10 Å². The van der Waals surface area contributed by atoms with E-state index in [-0.39, 0.29) is 5.75 Å². The fourth-order valence-corrected chi connectivity index (χ4v) is 2.26. The summed E-state index contributed by atoms with van der Waals surface area (Å²) in [4.78, 5) is 11.9. The third kappa shape index (κ3) is 4.84. The molecule has 6 nitrogen and oxygen atoms in total. The molecule has 6 heteroatoms. The number of urea groups is 1. The predicted octanol–water partition coefficient (Wildman–Crippen LogP) is 3.59. The Labute approximate surface area is 146 Å². The van der Waals surface area contributed by atoms with Crippen molar-refractivity contribution in [2.45, 2.75) is 13.3 Å². The molecule has 2 amide bonds. The Hall–Kier alpha value is -3.28. The summed E-state index contributed by atoms with van der Waals surface area (Å²) in [5.41, 5.74) is 5.43. The zero-order valence-electron chi connectivity index (χ0n) is 14.2. The number of methoxy groups -OCH3 is 1. The second kappa shape index (κ2) is 8.54. The molecule has 2 aromatic carbocycles. The second-order valence-electron chi connectivity index (χ2n) is 5.36. The van der Waals surface area contributed by atoms with Gasteiger partial charge in [0.2, 0.25) is 0 Å². The van der Waals surface area contributed by atoms with E-state index in [1.807, 2.05) is 31.2 Å². The average Bonchev–Trinajstić information content (AvgIpc) is 2.59. The number of carbonyl (C=O) groups is 1. The Bertz CT molecular complexity index is 800. The zero-order valence-corrected chi connectivity index (χ0v) is 14.2. The molecule has 0 aliphatic rings. The Morgan fingerprint density at radius 1 is 1.36 bits per heavy atom. The maximum atomic E-state index is 11.9. The number of hydrogen-bond acceptors (Lipinski definition) is 4. The summed E-state index contributed by atoms with van der Waals surface area (Å²) in [5.74, 6) is 0.412. The van der Waals surface area contributed by atoms with E-state index in [0.717, 1.165) is 11.3 Å². The lowest BCUT2D eigenvalue weighted by molar-refractivity contribution is 0.252. The Balaban J connectivity index is 2.06. The van der Waals surface area contributed by atoms with Crippen molar-refractivity contribution in [3.05, 3.63) is 65.7 Å². The van der Waals surface area contributed by atoms with Crippen LogP contribution in [0.4, 0.5) is 10.5 Å².